The number of thiophene rings is 1. The number of carbonyl (C=O) groups excluding carboxylic acids is 1. The summed E-state index contributed by atoms with van der Waals surface area (Å²) in [5, 5.41) is 12.3. The van der Waals surface area contributed by atoms with Gasteiger partial charge in [-0.1, -0.05) is 17.2 Å². The second-order valence-corrected chi connectivity index (χ2v) is 6.47. The molecule has 1 aliphatic rings. The van der Waals surface area contributed by atoms with Crippen LogP contribution in [0.15, 0.2) is 46.2 Å². The topological polar surface area (TPSA) is 86.5 Å². The molecule has 4 rings (SSSR count). The number of ether oxygens (including phenoxy) is 2. The lowest BCUT2D eigenvalue weighted by Gasteiger charge is -2.18. The average Bonchev–Trinajstić information content (AvgIpc) is 3.32. The third-order valence-electron chi connectivity index (χ3n) is 3.60. The van der Waals surface area contributed by atoms with Gasteiger partial charge in [0.2, 0.25) is 5.89 Å². The number of hydrogen-bond acceptors (Lipinski definition) is 7. The van der Waals surface area contributed by atoms with Crippen molar-refractivity contribution in [3.05, 3.63) is 58.1 Å². The lowest BCUT2D eigenvalue weighted by atomic mass is 10.1. The molecule has 132 valence electrons. The van der Waals surface area contributed by atoms with Crippen LogP contribution in [0, 0.1) is 0 Å². The van der Waals surface area contributed by atoms with Crippen molar-refractivity contribution in [1.29, 1.82) is 0 Å². The summed E-state index contributed by atoms with van der Waals surface area (Å²) in [5.41, 5.74) is 0.952. The molecule has 1 aliphatic heterocycles. The molecule has 1 amide bonds. The Kier molecular flexibility index (Phi) is 4.65. The van der Waals surface area contributed by atoms with Crippen molar-refractivity contribution < 1.29 is 18.7 Å². The fourth-order valence-electron chi connectivity index (χ4n) is 2.44. The van der Waals surface area contributed by atoms with Crippen LogP contribution < -0.4 is 14.8 Å². The van der Waals surface area contributed by atoms with E-state index in [2.05, 4.69) is 15.5 Å². The molecule has 0 radical (unpaired) electrons. The number of aromatic nitrogens is 2. The molecule has 0 spiro atoms. The first-order chi connectivity index (χ1) is 12.8. The molecule has 1 N–H and O–H groups in total. The lowest BCUT2D eigenvalue weighted by molar-refractivity contribution is -0.112. The third-order valence-corrected chi connectivity index (χ3v) is 4.44. The Balaban J connectivity index is 1.38. The SMILES string of the molecule is O=C(/C=C/c1cccs1)Nc1nnc(Cc2ccc3c(c2)OCCO3)o1. The first-order valence-corrected chi connectivity index (χ1v) is 8.88. The second kappa shape index (κ2) is 7.40. The number of rotatable bonds is 5. The summed E-state index contributed by atoms with van der Waals surface area (Å²) in [7, 11) is 0. The van der Waals surface area contributed by atoms with Gasteiger partial charge in [-0.2, -0.15) is 0 Å². The van der Waals surface area contributed by atoms with Gasteiger partial charge < -0.3 is 13.9 Å². The van der Waals surface area contributed by atoms with Crippen LogP contribution in [0.5, 0.6) is 11.5 Å². The van der Waals surface area contributed by atoms with Crippen molar-refractivity contribution in [2.24, 2.45) is 0 Å². The monoisotopic (exact) mass is 369 g/mol. The summed E-state index contributed by atoms with van der Waals surface area (Å²) >= 11 is 1.55. The fourth-order valence-corrected chi connectivity index (χ4v) is 3.06. The van der Waals surface area contributed by atoms with E-state index in [1.165, 1.54) is 6.08 Å². The minimum absolute atomic E-state index is 0.0679. The summed E-state index contributed by atoms with van der Waals surface area (Å²) in [6.45, 7) is 1.09. The molecule has 7 nitrogen and oxygen atoms in total. The van der Waals surface area contributed by atoms with Crippen LogP contribution in [-0.2, 0) is 11.2 Å². The second-order valence-electron chi connectivity index (χ2n) is 5.49. The molecule has 0 fully saturated rings. The molecule has 0 unspecified atom stereocenters. The Morgan fingerprint density at radius 3 is 2.92 bits per heavy atom. The van der Waals surface area contributed by atoms with Gasteiger partial charge in [0.1, 0.15) is 13.2 Å². The number of nitrogens with one attached hydrogen (secondary N) is 1. The zero-order chi connectivity index (χ0) is 17.8. The molecule has 3 aromatic rings. The lowest BCUT2D eigenvalue weighted by Crippen LogP contribution is -2.15. The van der Waals surface area contributed by atoms with E-state index in [9.17, 15) is 4.79 Å². The van der Waals surface area contributed by atoms with E-state index in [4.69, 9.17) is 13.9 Å². The molecule has 3 heterocycles. The zero-order valence-electron chi connectivity index (χ0n) is 13.7. The van der Waals surface area contributed by atoms with Crippen LogP contribution >= 0.6 is 11.3 Å². The van der Waals surface area contributed by atoms with Gasteiger partial charge in [-0.3, -0.25) is 10.1 Å². The third kappa shape index (κ3) is 3.92. The maximum absolute atomic E-state index is 11.9. The average molecular weight is 369 g/mol. The number of benzene rings is 1. The summed E-state index contributed by atoms with van der Waals surface area (Å²) in [4.78, 5) is 12.9. The predicted octanol–water partition coefficient (Wildman–Crippen LogP) is 3.15. The van der Waals surface area contributed by atoms with Crippen molar-refractivity contribution in [3.8, 4) is 11.5 Å². The standard InChI is InChI=1S/C18H15N3O4S/c22-16(6-4-13-2-1-9-26-13)19-18-21-20-17(25-18)11-12-3-5-14-15(10-12)24-8-7-23-14/h1-6,9-10H,7-8,11H2,(H,19,21,22)/b6-4+. The molecule has 0 aliphatic carbocycles. The van der Waals surface area contributed by atoms with Crippen LogP contribution in [0.4, 0.5) is 6.01 Å². The van der Waals surface area contributed by atoms with E-state index in [-0.39, 0.29) is 11.9 Å². The van der Waals surface area contributed by atoms with E-state index in [0.717, 1.165) is 16.2 Å². The zero-order valence-corrected chi connectivity index (χ0v) is 14.5. The molecule has 0 saturated heterocycles. The molecule has 8 heteroatoms. The Morgan fingerprint density at radius 1 is 1.19 bits per heavy atom. The highest BCUT2D eigenvalue weighted by Gasteiger charge is 2.14. The van der Waals surface area contributed by atoms with E-state index in [1.807, 2.05) is 35.7 Å². The van der Waals surface area contributed by atoms with Crippen LogP contribution in [0.3, 0.4) is 0 Å². The van der Waals surface area contributed by atoms with Crippen molar-refractivity contribution in [1.82, 2.24) is 10.2 Å². The van der Waals surface area contributed by atoms with Crippen molar-refractivity contribution in [2.45, 2.75) is 6.42 Å². The summed E-state index contributed by atoms with van der Waals surface area (Å²) < 4.78 is 16.5. The highest BCUT2D eigenvalue weighted by Crippen LogP contribution is 2.31. The van der Waals surface area contributed by atoms with Gasteiger partial charge in [0.15, 0.2) is 11.5 Å². The van der Waals surface area contributed by atoms with Crippen molar-refractivity contribution in [2.75, 3.05) is 18.5 Å². The minimum Gasteiger partial charge on any atom is -0.486 e. The summed E-state index contributed by atoms with van der Waals surface area (Å²) in [6.07, 6.45) is 3.59. The quantitative estimate of drug-likeness (QED) is 0.695. The molecule has 0 saturated carbocycles. The van der Waals surface area contributed by atoms with E-state index >= 15 is 0 Å². The normalized spacial score (nSPS) is 13.1. The Labute approximate surface area is 153 Å². The van der Waals surface area contributed by atoms with E-state index < -0.39 is 0 Å². The van der Waals surface area contributed by atoms with Gasteiger partial charge in [0.05, 0.1) is 6.42 Å². The number of carbonyl (C=O) groups is 1. The first kappa shape index (κ1) is 16.3. The number of amides is 1. The largest absolute Gasteiger partial charge is 0.486 e. The van der Waals surface area contributed by atoms with Gasteiger partial charge in [-0.15, -0.1) is 16.4 Å². The highest BCUT2D eigenvalue weighted by molar-refractivity contribution is 7.10. The maximum Gasteiger partial charge on any atom is 0.322 e. The van der Waals surface area contributed by atoms with Crippen LogP contribution in [0.25, 0.3) is 6.08 Å². The number of hydrogen-bond donors (Lipinski definition) is 1. The molecule has 0 bridgehead atoms. The summed E-state index contributed by atoms with van der Waals surface area (Å²) in [6, 6.07) is 9.58. The van der Waals surface area contributed by atoms with E-state index in [0.29, 0.717) is 31.3 Å². The van der Waals surface area contributed by atoms with Gasteiger partial charge in [0.25, 0.3) is 5.91 Å². The Morgan fingerprint density at radius 2 is 2.08 bits per heavy atom. The van der Waals surface area contributed by atoms with Crippen LogP contribution in [-0.4, -0.2) is 29.3 Å². The molecule has 0 atom stereocenters. The smallest absolute Gasteiger partial charge is 0.322 e. The number of anilines is 1. The van der Waals surface area contributed by atoms with Gasteiger partial charge in [-0.25, -0.2) is 0 Å². The first-order valence-electron chi connectivity index (χ1n) is 8.00. The molecular weight excluding hydrogens is 354 g/mol. The molecular formula is C18H15N3O4S. The summed E-state index contributed by atoms with van der Waals surface area (Å²) in [5.74, 6) is 1.52. The van der Waals surface area contributed by atoms with Crippen LogP contribution in [0.2, 0.25) is 0 Å². The van der Waals surface area contributed by atoms with E-state index in [1.54, 1.807) is 17.4 Å². The predicted molar refractivity (Wildman–Crippen MR) is 96.5 cm³/mol. The van der Waals surface area contributed by atoms with Crippen molar-refractivity contribution in [3.63, 3.8) is 0 Å². The molecule has 1 aromatic carbocycles. The highest BCUT2D eigenvalue weighted by atomic mass is 32.1. The number of fused-ring (bicyclic) bond motifs is 1. The van der Waals surface area contributed by atoms with Crippen molar-refractivity contribution >= 4 is 29.3 Å². The minimum atomic E-state index is -0.326. The van der Waals surface area contributed by atoms with Gasteiger partial charge in [0, 0.05) is 11.0 Å². The molecule has 26 heavy (non-hydrogen) atoms. The van der Waals surface area contributed by atoms with Gasteiger partial charge >= 0.3 is 6.01 Å². The molecule has 2 aromatic heterocycles. The van der Waals surface area contributed by atoms with Crippen LogP contribution in [0.1, 0.15) is 16.3 Å². The number of nitrogens with zero attached hydrogens (tertiary/aromatic N) is 2. The Bertz CT molecular complexity index is 934. The van der Waals surface area contributed by atoms with Gasteiger partial charge in [-0.05, 0) is 35.2 Å². The Hall–Kier alpha value is -3.13. The fraction of sp³-hybridized carbons (Fsp3) is 0.167. The maximum atomic E-state index is 11.9.